The smallest absolute Gasteiger partial charge is 0.379 e. The van der Waals surface area contributed by atoms with E-state index >= 15 is 0 Å². The predicted octanol–water partition coefficient (Wildman–Crippen LogP) is 10.8. The first-order valence-corrected chi connectivity index (χ1v) is 16.0. The summed E-state index contributed by atoms with van der Waals surface area (Å²) in [4.78, 5) is 4.74. The molecule has 0 amide bonds. The van der Waals surface area contributed by atoms with Gasteiger partial charge in [0.15, 0.2) is 0 Å². The minimum absolute atomic E-state index is 0. The Morgan fingerprint density at radius 1 is 0.426 bits per heavy atom. The molecule has 0 spiro atoms. The average molecular weight is 784 g/mol. The second-order valence-corrected chi connectivity index (χ2v) is 12.7. The van der Waals surface area contributed by atoms with E-state index in [0.29, 0.717) is 0 Å². The zero-order valence-corrected chi connectivity index (χ0v) is 28.6. The fraction of sp³-hybridized carbons (Fsp3) is 0.0909. The van der Waals surface area contributed by atoms with Crippen molar-refractivity contribution in [2.24, 2.45) is 0 Å². The second kappa shape index (κ2) is 11.7. The molecule has 0 aromatic heterocycles. The van der Waals surface area contributed by atoms with Crippen LogP contribution in [0.1, 0.15) is 11.1 Å². The fourth-order valence-electron chi connectivity index (χ4n) is 7.40. The minimum atomic E-state index is 0. The molecular formula is C44H32N2Pt+2. The maximum atomic E-state index is 3.92. The van der Waals surface area contributed by atoms with Gasteiger partial charge in [0.05, 0.1) is 0 Å². The summed E-state index contributed by atoms with van der Waals surface area (Å²) in [5.41, 5.74) is 9.38. The molecule has 1 aliphatic heterocycles. The normalized spacial score (nSPS) is 12.9. The van der Waals surface area contributed by atoms with Crippen LogP contribution in [-0.4, -0.2) is 14.1 Å². The van der Waals surface area contributed by atoms with Gasteiger partial charge in [-0.05, 0) is 33.7 Å². The van der Waals surface area contributed by atoms with E-state index < -0.39 is 0 Å². The molecule has 47 heavy (non-hydrogen) atoms. The van der Waals surface area contributed by atoms with Crippen LogP contribution in [0, 0.1) is 12.1 Å². The van der Waals surface area contributed by atoms with Crippen LogP contribution in [0.5, 0.6) is 0 Å². The summed E-state index contributed by atoms with van der Waals surface area (Å²) in [6.45, 7) is 1.46. The standard InChI is InChI=1S/C44H32N2.Pt/c1-45-27-29-19-35-23-31-11-3-6-14-34(31)26-40(35)42(21-29)38-16-8-10-18-44(38)46(2)28-30-20-36-24-32-12-4-5-13-33(32)25-39(36)41(22-30)37-15-7-9-17-43(37)45;/h3-20,23-26H,27-28H2,1-2H3;/q-2;+4. The summed E-state index contributed by atoms with van der Waals surface area (Å²) in [6, 6.07) is 56.8. The van der Waals surface area contributed by atoms with Gasteiger partial charge in [0.2, 0.25) is 0 Å². The molecular weight excluding hydrogens is 752 g/mol. The maximum absolute atomic E-state index is 3.92. The van der Waals surface area contributed by atoms with Gasteiger partial charge in [-0.15, -0.1) is 68.1 Å². The molecule has 0 saturated carbocycles. The Labute approximate surface area is 290 Å². The summed E-state index contributed by atoms with van der Waals surface area (Å²) < 4.78 is 0. The van der Waals surface area contributed by atoms with Crippen molar-refractivity contribution in [3.8, 4) is 22.3 Å². The number of hydrogen-bond acceptors (Lipinski definition) is 2. The van der Waals surface area contributed by atoms with Gasteiger partial charge in [0, 0.05) is 38.6 Å². The van der Waals surface area contributed by atoms with Crippen LogP contribution < -0.4 is 9.80 Å². The quantitative estimate of drug-likeness (QED) is 0.112. The Kier molecular flexibility index (Phi) is 7.35. The maximum Gasteiger partial charge on any atom is 4.00 e. The average Bonchev–Trinajstić information content (AvgIpc) is 3.09. The molecule has 4 bridgehead atoms. The zero-order chi connectivity index (χ0) is 30.8. The molecule has 1 heterocycles. The fourth-order valence-corrected chi connectivity index (χ4v) is 7.40. The third-order valence-electron chi connectivity index (χ3n) is 9.59. The molecule has 9 rings (SSSR count). The second-order valence-electron chi connectivity index (χ2n) is 12.7. The van der Waals surface area contributed by atoms with Gasteiger partial charge in [-0.25, -0.2) is 0 Å². The minimum Gasteiger partial charge on any atom is -0.379 e. The number of hydrogen-bond donors (Lipinski definition) is 0. The van der Waals surface area contributed by atoms with Crippen LogP contribution in [-0.2, 0) is 34.2 Å². The number of para-hydroxylation sites is 2. The van der Waals surface area contributed by atoms with Crippen molar-refractivity contribution < 1.29 is 21.1 Å². The number of rotatable bonds is 0. The summed E-state index contributed by atoms with van der Waals surface area (Å²) in [6.07, 6.45) is 0. The molecule has 0 unspecified atom stereocenters. The third-order valence-corrected chi connectivity index (χ3v) is 9.59. The number of nitrogens with zero attached hydrogens (tertiary/aromatic N) is 2. The van der Waals surface area contributed by atoms with Crippen molar-refractivity contribution in [2.45, 2.75) is 13.1 Å². The summed E-state index contributed by atoms with van der Waals surface area (Å²) in [5.74, 6) is 0. The van der Waals surface area contributed by atoms with E-state index in [2.05, 4.69) is 169 Å². The zero-order valence-electron chi connectivity index (χ0n) is 26.3. The van der Waals surface area contributed by atoms with Crippen molar-refractivity contribution in [3.05, 3.63) is 157 Å². The van der Waals surface area contributed by atoms with Crippen LogP contribution in [0.2, 0.25) is 0 Å². The molecule has 3 heteroatoms. The first-order chi connectivity index (χ1) is 22.6. The molecule has 8 aromatic carbocycles. The summed E-state index contributed by atoms with van der Waals surface area (Å²) >= 11 is 0. The Morgan fingerprint density at radius 3 is 1.21 bits per heavy atom. The first kappa shape index (κ1) is 29.5. The largest absolute Gasteiger partial charge is 4.00 e. The molecule has 0 saturated heterocycles. The van der Waals surface area contributed by atoms with Gasteiger partial charge in [0.1, 0.15) is 0 Å². The Hall–Kier alpha value is -4.91. The van der Waals surface area contributed by atoms with E-state index in [4.69, 9.17) is 0 Å². The SMILES string of the molecule is CN1Cc2[c-]c(c3cc4ccccc4cc3c2)-c2ccccc2N(C)Cc2[c-]c(c3cc4ccccc4cc3c2)-c2ccccc21.[Pt+4]. The monoisotopic (exact) mass is 783 g/mol. The van der Waals surface area contributed by atoms with Crippen LogP contribution >= 0.6 is 0 Å². The van der Waals surface area contributed by atoms with E-state index in [0.717, 1.165) is 35.3 Å². The van der Waals surface area contributed by atoms with E-state index in [-0.39, 0.29) is 21.1 Å². The Balaban J connectivity index is 0.00000324. The van der Waals surface area contributed by atoms with Crippen molar-refractivity contribution in [1.29, 1.82) is 0 Å². The molecule has 0 fully saturated rings. The van der Waals surface area contributed by atoms with E-state index in [1.807, 2.05) is 0 Å². The first-order valence-electron chi connectivity index (χ1n) is 16.0. The Morgan fingerprint density at radius 2 is 0.787 bits per heavy atom. The number of anilines is 2. The molecule has 0 radical (unpaired) electrons. The van der Waals surface area contributed by atoms with Crippen LogP contribution in [0.4, 0.5) is 11.4 Å². The molecule has 0 atom stereocenters. The van der Waals surface area contributed by atoms with Crippen LogP contribution in [0.15, 0.2) is 133 Å². The van der Waals surface area contributed by atoms with Gasteiger partial charge in [-0.1, -0.05) is 120 Å². The van der Waals surface area contributed by atoms with Crippen molar-refractivity contribution in [1.82, 2.24) is 0 Å². The van der Waals surface area contributed by atoms with Crippen molar-refractivity contribution >= 4 is 54.5 Å². The van der Waals surface area contributed by atoms with Crippen molar-refractivity contribution in [2.75, 3.05) is 23.9 Å². The van der Waals surface area contributed by atoms with Gasteiger partial charge in [0.25, 0.3) is 0 Å². The number of fused-ring (bicyclic) bond motifs is 14. The van der Waals surface area contributed by atoms with Gasteiger partial charge in [-0.2, -0.15) is 0 Å². The van der Waals surface area contributed by atoms with E-state index in [9.17, 15) is 0 Å². The molecule has 2 nitrogen and oxygen atoms in total. The van der Waals surface area contributed by atoms with Crippen LogP contribution in [0.3, 0.4) is 0 Å². The van der Waals surface area contributed by atoms with Gasteiger partial charge >= 0.3 is 21.1 Å². The predicted molar refractivity (Wildman–Crippen MR) is 196 cm³/mol. The summed E-state index contributed by atoms with van der Waals surface area (Å²) in [5, 5.41) is 9.93. The number of benzene rings is 8. The third kappa shape index (κ3) is 5.09. The topological polar surface area (TPSA) is 6.48 Å². The molecule has 0 aliphatic carbocycles. The van der Waals surface area contributed by atoms with Crippen molar-refractivity contribution in [3.63, 3.8) is 0 Å². The van der Waals surface area contributed by atoms with E-state index in [1.165, 1.54) is 65.6 Å². The molecule has 226 valence electrons. The molecule has 0 N–H and O–H groups in total. The van der Waals surface area contributed by atoms with Crippen LogP contribution in [0.25, 0.3) is 65.3 Å². The molecule has 1 aliphatic rings. The Bertz CT molecular complexity index is 2310. The van der Waals surface area contributed by atoms with E-state index in [1.54, 1.807) is 0 Å². The molecule has 8 aromatic rings. The van der Waals surface area contributed by atoms with Gasteiger partial charge < -0.3 is 9.80 Å². The summed E-state index contributed by atoms with van der Waals surface area (Å²) in [7, 11) is 4.40. The van der Waals surface area contributed by atoms with Gasteiger partial charge in [-0.3, -0.25) is 0 Å².